The van der Waals surface area contributed by atoms with Gasteiger partial charge in [0.1, 0.15) is 0 Å². The third kappa shape index (κ3) is 3.10. The van der Waals surface area contributed by atoms with Crippen LogP contribution in [0.4, 0.5) is 0 Å². The molecular formula is C12H15Cl2N. The van der Waals surface area contributed by atoms with Crippen LogP contribution in [0.2, 0.25) is 10.0 Å². The van der Waals surface area contributed by atoms with Crippen LogP contribution in [0, 0.1) is 5.92 Å². The van der Waals surface area contributed by atoms with E-state index in [-0.39, 0.29) is 0 Å². The largest absolute Gasteiger partial charge is 0.316 e. The zero-order chi connectivity index (χ0) is 10.7. The van der Waals surface area contributed by atoms with Crippen molar-refractivity contribution in [2.45, 2.75) is 19.3 Å². The van der Waals surface area contributed by atoms with Crippen molar-refractivity contribution in [2.24, 2.45) is 5.92 Å². The van der Waals surface area contributed by atoms with E-state index < -0.39 is 0 Å². The summed E-state index contributed by atoms with van der Waals surface area (Å²) in [4.78, 5) is 0. The molecule has 1 aliphatic rings. The van der Waals surface area contributed by atoms with Crippen molar-refractivity contribution in [1.29, 1.82) is 0 Å². The zero-order valence-corrected chi connectivity index (χ0v) is 10.1. The van der Waals surface area contributed by atoms with Crippen LogP contribution < -0.4 is 5.32 Å². The highest BCUT2D eigenvalue weighted by Crippen LogP contribution is 2.24. The van der Waals surface area contributed by atoms with Crippen molar-refractivity contribution < 1.29 is 0 Å². The minimum absolute atomic E-state index is 0.642. The van der Waals surface area contributed by atoms with Crippen molar-refractivity contribution in [1.82, 2.24) is 5.32 Å². The van der Waals surface area contributed by atoms with Crippen LogP contribution >= 0.6 is 23.2 Å². The van der Waals surface area contributed by atoms with Crippen LogP contribution in [0.15, 0.2) is 18.2 Å². The lowest BCUT2D eigenvalue weighted by Gasteiger charge is -2.08. The predicted octanol–water partition coefficient (Wildman–Crippen LogP) is 3.54. The first-order valence-electron chi connectivity index (χ1n) is 5.40. The third-order valence-electron chi connectivity index (χ3n) is 2.99. The summed E-state index contributed by atoms with van der Waals surface area (Å²) in [5.74, 6) is 0.833. The minimum Gasteiger partial charge on any atom is -0.316 e. The highest BCUT2D eigenvalue weighted by atomic mass is 35.5. The fraction of sp³-hybridized carbons (Fsp3) is 0.500. The molecule has 0 aliphatic carbocycles. The monoisotopic (exact) mass is 243 g/mol. The predicted molar refractivity (Wildman–Crippen MR) is 65.8 cm³/mol. The van der Waals surface area contributed by atoms with Gasteiger partial charge in [0.15, 0.2) is 0 Å². The molecule has 1 aromatic carbocycles. The molecule has 1 unspecified atom stereocenters. The van der Waals surface area contributed by atoms with Gasteiger partial charge in [0.25, 0.3) is 0 Å². The highest BCUT2D eigenvalue weighted by molar-refractivity contribution is 6.42. The standard InChI is InChI=1S/C12H15Cl2N/c13-11-4-3-9(7-12(11)14)1-2-10-5-6-15-8-10/h3-4,7,10,15H,1-2,5-6,8H2. The zero-order valence-electron chi connectivity index (χ0n) is 8.60. The molecule has 3 heteroatoms. The molecule has 0 radical (unpaired) electrons. The summed E-state index contributed by atoms with van der Waals surface area (Å²) in [6.07, 6.45) is 3.65. The molecule has 0 saturated carbocycles. The second kappa shape index (κ2) is 5.20. The second-order valence-electron chi connectivity index (χ2n) is 4.15. The van der Waals surface area contributed by atoms with E-state index in [1.54, 1.807) is 0 Å². The maximum atomic E-state index is 5.96. The van der Waals surface area contributed by atoms with E-state index >= 15 is 0 Å². The molecule has 2 rings (SSSR count). The SMILES string of the molecule is Clc1ccc(CCC2CCNC2)cc1Cl. The molecule has 15 heavy (non-hydrogen) atoms. The molecule has 0 aromatic heterocycles. The second-order valence-corrected chi connectivity index (χ2v) is 4.96. The Morgan fingerprint density at radius 1 is 1.27 bits per heavy atom. The van der Waals surface area contributed by atoms with Gasteiger partial charge in [-0.3, -0.25) is 0 Å². The number of hydrogen-bond acceptors (Lipinski definition) is 1. The van der Waals surface area contributed by atoms with Gasteiger partial charge in [-0.1, -0.05) is 29.3 Å². The molecule has 1 fully saturated rings. The average Bonchev–Trinajstić information content (AvgIpc) is 2.73. The molecule has 1 N–H and O–H groups in total. The summed E-state index contributed by atoms with van der Waals surface area (Å²) < 4.78 is 0. The first-order chi connectivity index (χ1) is 7.25. The van der Waals surface area contributed by atoms with Crippen molar-refractivity contribution in [3.63, 3.8) is 0 Å². The van der Waals surface area contributed by atoms with E-state index in [4.69, 9.17) is 23.2 Å². The summed E-state index contributed by atoms with van der Waals surface area (Å²) >= 11 is 11.8. The van der Waals surface area contributed by atoms with Crippen molar-refractivity contribution in [2.75, 3.05) is 13.1 Å². The minimum atomic E-state index is 0.642. The molecule has 0 spiro atoms. The van der Waals surface area contributed by atoms with Crippen LogP contribution in [0.1, 0.15) is 18.4 Å². The first-order valence-corrected chi connectivity index (χ1v) is 6.16. The van der Waals surface area contributed by atoms with Crippen LogP contribution in [0.3, 0.4) is 0 Å². The summed E-state index contributed by atoms with van der Waals surface area (Å²) in [5.41, 5.74) is 1.29. The normalized spacial score (nSPS) is 20.8. The molecule has 1 aromatic rings. The topological polar surface area (TPSA) is 12.0 Å². The number of rotatable bonds is 3. The Hall–Kier alpha value is -0.240. The number of nitrogens with one attached hydrogen (secondary N) is 1. The van der Waals surface area contributed by atoms with Gasteiger partial charge in [0, 0.05) is 0 Å². The Kier molecular flexibility index (Phi) is 3.90. The lowest BCUT2D eigenvalue weighted by Crippen LogP contribution is -2.09. The van der Waals surface area contributed by atoms with Gasteiger partial charge in [-0.2, -0.15) is 0 Å². The molecule has 1 nitrogen and oxygen atoms in total. The molecular weight excluding hydrogens is 229 g/mol. The van der Waals surface area contributed by atoms with Crippen molar-refractivity contribution >= 4 is 23.2 Å². The summed E-state index contributed by atoms with van der Waals surface area (Å²) in [5, 5.41) is 4.69. The van der Waals surface area contributed by atoms with Gasteiger partial charge in [0.05, 0.1) is 10.0 Å². The fourth-order valence-electron chi connectivity index (χ4n) is 2.03. The quantitative estimate of drug-likeness (QED) is 0.857. The smallest absolute Gasteiger partial charge is 0.0595 e. The van der Waals surface area contributed by atoms with Crippen LogP contribution in [-0.2, 0) is 6.42 Å². The van der Waals surface area contributed by atoms with Crippen molar-refractivity contribution in [3.05, 3.63) is 33.8 Å². The molecule has 1 saturated heterocycles. The molecule has 1 aliphatic heterocycles. The van der Waals surface area contributed by atoms with E-state index in [0.29, 0.717) is 10.0 Å². The molecule has 0 bridgehead atoms. The summed E-state index contributed by atoms with van der Waals surface area (Å²) in [6.45, 7) is 2.34. The molecule has 82 valence electrons. The van der Waals surface area contributed by atoms with E-state index in [0.717, 1.165) is 12.3 Å². The van der Waals surface area contributed by atoms with Gasteiger partial charge >= 0.3 is 0 Å². The van der Waals surface area contributed by atoms with Gasteiger partial charge in [-0.15, -0.1) is 0 Å². The number of aryl methyl sites for hydroxylation is 1. The maximum Gasteiger partial charge on any atom is 0.0595 e. The van der Waals surface area contributed by atoms with Crippen LogP contribution in [-0.4, -0.2) is 13.1 Å². The van der Waals surface area contributed by atoms with Crippen LogP contribution in [0.25, 0.3) is 0 Å². The third-order valence-corrected chi connectivity index (χ3v) is 3.73. The Labute approximate surface area is 101 Å². The highest BCUT2D eigenvalue weighted by Gasteiger charge is 2.13. The Balaban J connectivity index is 1.90. The number of halogens is 2. The van der Waals surface area contributed by atoms with Crippen molar-refractivity contribution in [3.8, 4) is 0 Å². The molecule has 1 atom stereocenters. The molecule has 1 heterocycles. The van der Waals surface area contributed by atoms with E-state index in [1.165, 1.54) is 31.5 Å². The van der Waals surface area contributed by atoms with E-state index in [9.17, 15) is 0 Å². The Morgan fingerprint density at radius 3 is 2.80 bits per heavy atom. The van der Waals surface area contributed by atoms with Crippen LogP contribution in [0.5, 0.6) is 0 Å². The first kappa shape index (κ1) is 11.3. The van der Waals surface area contributed by atoms with E-state index in [2.05, 4.69) is 11.4 Å². The van der Waals surface area contributed by atoms with Gasteiger partial charge in [-0.05, 0) is 56.0 Å². The maximum absolute atomic E-state index is 5.96. The summed E-state index contributed by atoms with van der Waals surface area (Å²) in [7, 11) is 0. The fourth-order valence-corrected chi connectivity index (χ4v) is 2.35. The number of benzene rings is 1. The Bertz CT molecular complexity index is 332. The molecule has 0 amide bonds. The lowest BCUT2D eigenvalue weighted by atomic mass is 9.99. The van der Waals surface area contributed by atoms with E-state index in [1.807, 2.05) is 12.1 Å². The Morgan fingerprint density at radius 2 is 2.13 bits per heavy atom. The van der Waals surface area contributed by atoms with Gasteiger partial charge in [-0.25, -0.2) is 0 Å². The number of hydrogen-bond donors (Lipinski definition) is 1. The van der Waals surface area contributed by atoms with Gasteiger partial charge in [0.2, 0.25) is 0 Å². The average molecular weight is 244 g/mol. The van der Waals surface area contributed by atoms with Gasteiger partial charge < -0.3 is 5.32 Å². The lowest BCUT2D eigenvalue weighted by molar-refractivity contribution is 0.533. The summed E-state index contributed by atoms with van der Waals surface area (Å²) in [6, 6.07) is 5.93.